The number of Topliss-reactive ketones (excluding diaryl/α,β-unsaturated/α-hetero) is 1. The molecule has 2 aromatic heterocycles. The third-order valence-corrected chi connectivity index (χ3v) is 6.68. The van der Waals surface area contributed by atoms with Crippen LogP contribution in [0.3, 0.4) is 0 Å². The largest absolute Gasteiger partial charge is 0.383 e. The number of allylic oxidation sites excluding steroid dienone is 3. The van der Waals surface area contributed by atoms with Crippen molar-refractivity contribution >= 4 is 23.1 Å². The van der Waals surface area contributed by atoms with E-state index in [-0.39, 0.29) is 5.78 Å². The Morgan fingerprint density at radius 3 is 2.90 bits per heavy atom. The highest BCUT2D eigenvalue weighted by molar-refractivity contribution is 6.26. The molecule has 4 nitrogen and oxygen atoms in total. The minimum absolute atomic E-state index is 0.198. The van der Waals surface area contributed by atoms with Crippen LogP contribution in [-0.2, 0) is 24.1 Å². The summed E-state index contributed by atoms with van der Waals surface area (Å²) in [7, 11) is 0. The van der Waals surface area contributed by atoms with Gasteiger partial charge < -0.3 is 5.32 Å². The fourth-order valence-corrected chi connectivity index (χ4v) is 5.04. The molecule has 3 heterocycles. The first-order valence-corrected chi connectivity index (χ1v) is 10.9. The van der Waals surface area contributed by atoms with E-state index >= 15 is 0 Å². The summed E-state index contributed by atoms with van der Waals surface area (Å²) < 4.78 is 0. The molecule has 6 rings (SSSR count). The zero-order valence-electron chi connectivity index (χ0n) is 17.5. The molecule has 0 fully saturated rings. The van der Waals surface area contributed by atoms with Gasteiger partial charge in [-0.05, 0) is 89.4 Å². The maximum atomic E-state index is 12.9. The number of aromatic nitrogens is 2. The van der Waals surface area contributed by atoms with Gasteiger partial charge in [-0.3, -0.25) is 14.8 Å². The molecule has 0 unspecified atom stereocenters. The van der Waals surface area contributed by atoms with Gasteiger partial charge in [-0.25, -0.2) is 0 Å². The van der Waals surface area contributed by atoms with Crippen LogP contribution in [0, 0.1) is 6.92 Å². The first-order chi connectivity index (χ1) is 15.2. The van der Waals surface area contributed by atoms with E-state index in [1.54, 1.807) is 0 Å². The second kappa shape index (κ2) is 7.02. The molecule has 31 heavy (non-hydrogen) atoms. The highest BCUT2D eigenvalue weighted by Gasteiger charge is 2.26. The summed E-state index contributed by atoms with van der Waals surface area (Å²) in [6.07, 6.45) is 13.4. The third-order valence-electron chi connectivity index (χ3n) is 6.68. The summed E-state index contributed by atoms with van der Waals surface area (Å²) in [5.74, 6) is 0.198. The summed E-state index contributed by atoms with van der Waals surface area (Å²) >= 11 is 0. The number of hydrogen-bond donors (Lipinski definition) is 1. The van der Waals surface area contributed by atoms with Crippen molar-refractivity contribution in [2.24, 2.45) is 0 Å². The third kappa shape index (κ3) is 3.02. The normalized spacial score (nSPS) is 17.8. The molecule has 1 N–H and O–H groups in total. The van der Waals surface area contributed by atoms with Crippen molar-refractivity contribution in [1.82, 2.24) is 9.97 Å². The van der Waals surface area contributed by atoms with Crippen molar-refractivity contribution in [2.45, 2.75) is 32.6 Å². The van der Waals surface area contributed by atoms with Crippen molar-refractivity contribution < 1.29 is 4.79 Å². The fourth-order valence-electron chi connectivity index (χ4n) is 5.04. The highest BCUT2D eigenvalue weighted by Crippen LogP contribution is 2.38. The standard InChI is InChI=1S/C27H23N3O/c1-16-24(15-30-25-3-2-7-29-27(16)25)19-4-5-20-13-26(31)23(22(20)12-19)11-17-9-18-6-8-28-14-21(18)10-17/h4-6,8,10-12,14-15,29H,2-3,7,9,13H2,1H3/b23-11-. The van der Waals surface area contributed by atoms with E-state index in [0.717, 1.165) is 64.9 Å². The molecule has 3 aliphatic rings. The first kappa shape index (κ1) is 18.3. The van der Waals surface area contributed by atoms with Crippen LogP contribution in [0.15, 0.2) is 54.5 Å². The molecule has 0 saturated heterocycles. The summed E-state index contributed by atoms with van der Waals surface area (Å²) in [6.45, 7) is 3.16. The Labute approximate surface area is 181 Å². The van der Waals surface area contributed by atoms with Gasteiger partial charge in [0.1, 0.15) is 0 Å². The molecule has 1 aromatic carbocycles. The molecule has 152 valence electrons. The Morgan fingerprint density at radius 1 is 1.06 bits per heavy atom. The predicted molar refractivity (Wildman–Crippen MR) is 124 cm³/mol. The number of nitrogens with zero attached hydrogens (tertiary/aromatic N) is 2. The van der Waals surface area contributed by atoms with Crippen LogP contribution in [0.2, 0.25) is 0 Å². The highest BCUT2D eigenvalue weighted by atomic mass is 16.1. The van der Waals surface area contributed by atoms with Gasteiger partial charge in [0.15, 0.2) is 5.78 Å². The van der Waals surface area contributed by atoms with Crippen LogP contribution in [0.25, 0.3) is 22.8 Å². The van der Waals surface area contributed by atoms with Gasteiger partial charge in [0.2, 0.25) is 0 Å². The summed E-state index contributed by atoms with van der Waals surface area (Å²) in [5, 5.41) is 3.53. The molecule has 0 atom stereocenters. The lowest BCUT2D eigenvalue weighted by molar-refractivity contribution is -0.112. The Bertz CT molecular complexity index is 1320. The van der Waals surface area contributed by atoms with E-state index in [1.807, 2.05) is 18.6 Å². The summed E-state index contributed by atoms with van der Waals surface area (Å²) in [4.78, 5) is 21.8. The Balaban J connectivity index is 1.40. The summed E-state index contributed by atoms with van der Waals surface area (Å²) in [5.41, 5.74) is 12.4. The van der Waals surface area contributed by atoms with E-state index in [9.17, 15) is 4.79 Å². The predicted octanol–water partition coefficient (Wildman–Crippen LogP) is 4.96. The molecular formula is C27H23N3O. The van der Waals surface area contributed by atoms with E-state index in [4.69, 9.17) is 4.98 Å². The number of rotatable bonds is 2. The number of carbonyl (C=O) groups is 1. The van der Waals surface area contributed by atoms with Gasteiger partial charge in [0, 0.05) is 42.7 Å². The molecule has 1 aliphatic heterocycles. The quantitative estimate of drug-likeness (QED) is 0.613. The molecule has 0 saturated carbocycles. The van der Waals surface area contributed by atoms with E-state index in [1.165, 1.54) is 22.4 Å². The second-order valence-corrected chi connectivity index (χ2v) is 8.65. The molecule has 0 spiro atoms. The molecule has 3 aromatic rings. The number of benzene rings is 1. The monoisotopic (exact) mass is 405 g/mol. The molecule has 4 heteroatoms. The molecule has 0 bridgehead atoms. The maximum Gasteiger partial charge on any atom is 0.167 e. The van der Waals surface area contributed by atoms with Gasteiger partial charge in [-0.15, -0.1) is 0 Å². The van der Waals surface area contributed by atoms with Crippen molar-refractivity contribution in [1.29, 1.82) is 0 Å². The number of fused-ring (bicyclic) bond motifs is 3. The SMILES string of the molecule is Cc1c(-c2ccc3c(c2)/C(=C/C2=Cc4cnccc4C2)C(=O)C3)cnc2c1NCCC2. The number of aryl methyl sites for hydroxylation is 1. The van der Waals surface area contributed by atoms with Crippen molar-refractivity contribution in [3.8, 4) is 11.1 Å². The maximum absolute atomic E-state index is 12.9. The van der Waals surface area contributed by atoms with E-state index in [0.29, 0.717) is 6.42 Å². The zero-order chi connectivity index (χ0) is 20.9. The number of hydrogen-bond acceptors (Lipinski definition) is 4. The zero-order valence-corrected chi connectivity index (χ0v) is 17.5. The Kier molecular flexibility index (Phi) is 4.13. The van der Waals surface area contributed by atoms with Crippen molar-refractivity contribution in [2.75, 3.05) is 11.9 Å². The Hall–Kier alpha value is -3.53. The van der Waals surface area contributed by atoms with E-state index < -0.39 is 0 Å². The number of anilines is 1. The van der Waals surface area contributed by atoms with Crippen molar-refractivity contribution in [3.05, 3.63) is 88.0 Å². The van der Waals surface area contributed by atoms with Gasteiger partial charge in [-0.1, -0.05) is 12.1 Å². The molecular weight excluding hydrogens is 382 g/mol. The Morgan fingerprint density at radius 2 is 2.00 bits per heavy atom. The number of nitrogens with one attached hydrogen (secondary N) is 1. The first-order valence-electron chi connectivity index (χ1n) is 10.9. The fraction of sp³-hybridized carbons (Fsp3) is 0.222. The number of ketones is 1. The van der Waals surface area contributed by atoms with Gasteiger partial charge in [-0.2, -0.15) is 0 Å². The van der Waals surface area contributed by atoms with Crippen molar-refractivity contribution in [3.63, 3.8) is 0 Å². The van der Waals surface area contributed by atoms with Crippen LogP contribution >= 0.6 is 0 Å². The minimum Gasteiger partial charge on any atom is -0.383 e. The van der Waals surface area contributed by atoms with Crippen LogP contribution < -0.4 is 5.32 Å². The lowest BCUT2D eigenvalue weighted by atomic mass is 9.94. The lowest BCUT2D eigenvalue weighted by Crippen LogP contribution is -2.14. The van der Waals surface area contributed by atoms with Gasteiger partial charge >= 0.3 is 0 Å². The number of carbonyl (C=O) groups excluding carboxylic acids is 1. The lowest BCUT2D eigenvalue weighted by Gasteiger charge is -2.21. The topological polar surface area (TPSA) is 54.9 Å². The number of pyridine rings is 2. The van der Waals surface area contributed by atoms with Crippen LogP contribution in [-0.4, -0.2) is 22.3 Å². The van der Waals surface area contributed by atoms with Gasteiger partial charge in [0.25, 0.3) is 0 Å². The average Bonchev–Trinajstić information content (AvgIpc) is 3.34. The van der Waals surface area contributed by atoms with E-state index in [2.05, 4.69) is 53.6 Å². The molecule has 2 aliphatic carbocycles. The smallest absolute Gasteiger partial charge is 0.167 e. The average molecular weight is 406 g/mol. The van der Waals surface area contributed by atoms with Crippen LogP contribution in [0.5, 0.6) is 0 Å². The van der Waals surface area contributed by atoms with Gasteiger partial charge in [0.05, 0.1) is 11.4 Å². The minimum atomic E-state index is 0.198. The van der Waals surface area contributed by atoms with Crippen LogP contribution in [0.1, 0.15) is 39.9 Å². The molecule has 0 amide bonds. The summed E-state index contributed by atoms with van der Waals surface area (Å²) in [6, 6.07) is 8.47. The second-order valence-electron chi connectivity index (χ2n) is 8.65. The molecule has 0 radical (unpaired) electrons. The van der Waals surface area contributed by atoms with Crippen LogP contribution in [0.4, 0.5) is 5.69 Å².